The van der Waals surface area contributed by atoms with Crippen molar-refractivity contribution in [3.05, 3.63) is 36.2 Å². The van der Waals surface area contributed by atoms with Gasteiger partial charge in [0.1, 0.15) is 16.9 Å². The summed E-state index contributed by atoms with van der Waals surface area (Å²) in [6.45, 7) is 2.40. The Morgan fingerprint density at radius 3 is 2.80 bits per heavy atom. The highest BCUT2D eigenvalue weighted by atomic mass is 16.5. The zero-order chi connectivity index (χ0) is 17.6. The Morgan fingerprint density at radius 1 is 1.24 bits per heavy atom. The molecule has 0 atom stereocenters. The van der Waals surface area contributed by atoms with Crippen molar-refractivity contribution in [3.8, 4) is 17.1 Å². The van der Waals surface area contributed by atoms with Crippen LogP contribution in [0.1, 0.15) is 5.82 Å². The number of methoxy groups -OCH3 is 1. The lowest BCUT2D eigenvalue weighted by Crippen LogP contribution is -2.31. The minimum absolute atomic E-state index is 0.172. The highest BCUT2D eigenvalue weighted by Gasteiger charge is 2.19. The van der Waals surface area contributed by atoms with Gasteiger partial charge in [0, 0.05) is 19.2 Å². The normalized spacial score (nSPS) is 10.8. The molecule has 8 nitrogen and oxygen atoms in total. The van der Waals surface area contributed by atoms with Crippen molar-refractivity contribution in [3.63, 3.8) is 0 Å². The van der Waals surface area contributed by atoms with Gasteiger partial charge in [-0.15, -0.1) is 0 Å². The third-order valence-electron chi connectivity index (χ3n) is 3.43. The molecule has 1 N–H and O–H groups in total. The summed E-state index contributed by atoms with van der Waals surface area (Å²) in [5.41, 5.74) is 1.75. The van der Waals surface area contributed by atoms with Crippen molar-refractivity contribution in [2.45, 2.75) is 6.92 Å². The smallest absolute Gasteiger partial charge is 0.265 e. The summed E-state index contributed by atoms with van der Waals surface area (Å²) in [5.74, 6) is 0.474. The molecule has 0 bridgehead atoms. The Balaban J connectivity index is 1.87. The summed E-state index contributed by atoms with van der Waals surface area (Å²) < 4.78 is 15.8. The monoisotopic (exact) mass is 342 g/mol. The first-order valence-corrected chi connectivity index (χ1v) is 7.77. The van der Waals surface area contributed by atoms with E-state index in [1.165, 1.54) is 0 Å². The molecule has 2 aromatic heterocycles. The molecular weight excluding hydrogens is 324 g/mol. The quantitative estimate of drug-likeness (QED) is 0.653. The van der Waals surface area contributed by atoms with Crippen LogP contribution >= 0.6 is 0 Å². The number of benzene rings is 1. The summed E-state index contributed by atoms with van der Waals surface area (Å²) >= 11 is 0. The lowest BCUT2D eigenvalue weighted by atomic mass is 10.1. The highest BCUT2D eigenvalue weighted by Crippen LogP contribution is 2.32. The summed E-state index contributed by atoms with van der Waals surface area (Å²) in [6.07, 6.45) is 0. The molecule has 0 radical (unpaired) electrons. The van der Waals surface area contributed by atoms with Crippen LogP contribution in [0.2, 0.25) is 0 Å². The summed E-state index contributed by atoms with van der Waals surface area (Å²) in [7, 11) is 1.57. The third-order valence-corrected chi connectivity index (χ3v) is 3.43. The second-order valence-electron chi connectivity index (χ2n) is 5.28. The summed E-state index contributed by atoms with van der Waals surface area (Å²) in [4.78, 5) is 20.4. The largest absolute Gasteiger partial charge is 0.467 e. The van der Waals surface area contributed by atoms with Crippen LogP contribution in [0, 0.1) is 6.92 Å². The van der Waals surface area contributed by atoms with Gasteiger partial charge in [-0.2, -0.15) is 9.97 Å². The van der Waals surface area contributed by atoms with Crippen molar-refractivity contribution < 1.29 is 18.8 Å². The van der Waals surface area contributed by atoms with Gasteiger partial charge >= 0.3 is 0 Å². The van der Waals surface area contributed by atoms with Crippen LogP contribution in [-0.4, -0.2) is 47.9 Å². The molecule has 0 spiro atoms. The van der Waals surface area contributed by atoms with Crippen LogP contribution in [0.4, 0.5) is 0 Å². The fourth-order valence-corrected chi connectivity index (χ4v) is 2.30. The number of hydrogen-bond acceptors (Lipinski definition) is 7. The van der Waals surface area contributed by atoms with Gasteiger partial charge in [-0.25, -0.2) is 0 Å². The van der Waals surface area contributed by atoms with Gasteiger partial charge in [-0.1, -0.05) is 35.5 Å². The number of carbonyl (C=O) groups excluding carboxylic acids is 1. The lowest BCUT2D eigenvalue weighted by molar-refractivity contribution is -0.123. The number of fused-ring (bicyclic) bond motifs is 1. The van der Waals surface area contributed by atoms with Gasteiger partial charge in [-0.05, 0) is 6.92 Å². The van der Waals surface area contributed by atoms with E-state index in [0.29, 0.717) is 35.8 Å². The number of aromatic nitrogens is 3. The first-order valence-electron chi connectivity index (χ1n) is 7.77. The highest BCUT2D eigenvalue weighted by molar-refractivity contribution is 5.93. The summed E-state index contributed by atoms with van der Waals surface area (Å²) in [6, 6.07) is 9.51. The van der Waals surface area contributed by atoms with Gasteiger partial charge in [0.2, 0.25) is 5.88 Å². The molecular formula is C17H18N4O4. The Bertz CT molecular complexity index is 864. The van der Waals surface area contributed by atoms with E-state index in [2.05, 4.69) is 20.4 Å². The van der Waals surface area contributed by atoms with Crippen LogP contribution in [0.5, 0.6) is 5.88 Å². The molecule has 0 saturated carbocycles. The number of rotatable bonds is 7. The lowest BCUT2D eigenvalue weighted by Gasteiger charge is -2.08. The van der Waals surface area contributed by atoms with E-state index in [1.54, 1.807) is 14.0 Å². The molecule has 0 aliphatic rings. The van der Waals surface area contributed by atoms with E-state index >= 15 is 0 Å². The van der Waals surface area contributed by atoms with Gasteiger partial charge in [0.05, 0.1) is 6.61 Å². The number of nitrogens with zero attached hydrogens (tertiary/aromatic N) is 3. The van der Waals surface area contributed by atoms with Crippen molar-refractivity contribution in [1.29, 1.82) is 0 Å². The Morgan fingerprint density at radius 2 is 2.04 bits per heavy atom. The first-order chi connectivity index (χ1) is 12.2. The molecule has 0 unspecified atom stereocenters. The number of amides is 1. The topological polar surface area (TPSA) is 99.4 Å². The second-order valence-corrected chi connectivity index (χ2v) is 5.28. The van der Waals surface area contributed by atoms with E-state index in [-0.39, 0.29) is 18.4 Å². The van der Waals surface area contributed by atoms with Crippen LogP contribution in [0.25, 0.3) is 22.4 Å². The van der Waals surface area contributed by atoms with Crippen molar-refractivity contribution in [1.82, 2.24) is 20.4 Å². The first kappa shape index (κ1) is 16.8. The fraction of sp³-hybridized carbons (Fsp3) is 0.294. The maximum atomic E-state index is 11.8. The minimum atomic E-state index is -0.265. The van der Waals surface area contributed by atoms with Gasteiger partial charge in [-0.3, -0.25) is 4.79 Å². The number of ether oxygens (including phenoxy) is 2. The minimum Gasteiger partial charge on any atom is -0.467 e. The average Bonchev–Trinajstić information content (AvgIpc) is 3.04. The van der Waals surface area contributed by atoms with Gasteiger partial charge in [0.25, 0.3) is 11.6 Å². The van der Waals surface area contributed by atoms with Crippen molar-refractivity contribution in [2.24, 2.45) is 0 Å². The number of aryl methyl sites for hydroxylation is 1. The van der Waals surface area contributed by atoms with Crippen LogP contribution < -0.4 is 10.1 Å². The zero-order valence-corrected chi connectivity index (χ0v) is 14.0. The van der Waals surface area contributed by atoms with Crippen LogP contribution in [0.15, 0.2) is 34.9 Å². The molecule has 3 rings (SSSR count). The predicted molar refractivity (Wildman–Crippen MR) is 90.2 cm³/mol. The van der Waals surface area contributed by atoms with E-state index in [9.17, 15) is 4.79 Å². The van der Waals surface area contributed by atoms with E-state index in [4.69, 9.17) is 14.0 Å². The molecule has 130 valence electrons. The molecule has 8 heteroatoms. The van der Waals surface area contributed by atoms with Gasteiger partial charge in [0.15, 0.2) is 6.61 Å². The van der Waals surface area contributed by atoms with Crippen molar-refractivity contribution in [2.75, 3.05) is 26.9 Å². The molecule has 2 heterocycles. The fourth-order valence-electron chi connectivity index (χ4n) is 2.30. The van der Waals surface area contributed by atoms with Crippen LogP contribution in [-0.2, 0) is 9.53 Å². The van der Waals surface area contributed by atoms with E-state index < -0.39 is 0 Å². The number of hydrogen-bond donors (Lipinski definition) is 1. The molecule has 25 heavy (non-hydrogen) atoms. The van der Waals surface area contributed by atoms with Crippen molar-refractivity contribution >= 4 is 17.0 Å². The third kappa shape index (κ3) is 3.92. The maximum absolute atomic E-state index is 11.8. The second kappa shape index (κ2) is 7.71. The van der Waals surface area contributed by atoms with Crippen LogP contribution in [0.3, 0.4) is 0 Å². The molecule has 0 saturated heterocycles. The summed E-state index contributed by atoms with van der Waals surface area (Å²) in [5, 5.41) is 7.31. The number of carbonyl (C=O) groups is 1. The van der Waals surface area contributed by atoms with E-state index in [0.717, 1.165) is 5.56 Å². The molecule has 0 fully saturated rings. The molecule has 0 aliphatic heterocycles. The molecule has 3 aromatic rings. The maximum Gasteiger partial charge on any atom is 0.265 e. The zero-order valence-electron chi connectivity index (χ0n) is 14.0. The van der Waals surface area contributed by atoms with Gasteiger partial charge < -0.3 is 19.3 Å². The molecule has 1 amide bonds. The standard InChI is InChI=1S/C17H18N4O4/c1-11-19-16(24-10-13(22)18-8-9-23-2)14-15(21-25-17(14)20-11)12-6-4-3-5-7-12/h3-7H,8-10H2,1-2H3,(H,18,22). The molecule has 1 aromatic carbocycles. The average molecular weight is 342 g/mol. The van der Waals surface area contributed by atoms with E-state index in [1.807, 2.05) is 30.3 Å². The Hall–Kier alpha value is -3.00. The Labute approximate surface area is 144 Å². The number of nitrogens with one attached hydrogen (secondary N) is 1. The molecule has 0 aliphatic carbocycles. The predicted octanol–water partition coefficient (Wildman–Crippen LogP) is 1.73. The Kier molecular flexibility index (Phi) is 5.20. The SMILES string of the molecule is COCCNC(=O)COc1nc(C)nc2onc(-c3ccccc3)c12.